The first-order valence-corrected chi connectivity index (χ1v) is 8.21. The number of fused-ring (bicyclic) bond motifs is 1. The number of carbonyl (C=O) groups excluding carboxylic acids is 1. The molecule has 0 unspecified atom stereocenters. The van der Waals surface area contributed by atoms with Crippen molar-refractivity contribution in [1.29, 1.82) is 0 Å². The number of aromatic nitrogens is 4. The molecular weight excluding hydrogens is 348 g/mol. The van der Waals surface area contributed by atoms with Gasteiger partial charge in [0.15, 0.2) is 0 Å². The second-order valence-corrected chi connectivity index (χ2v) is 5.89. The lowest BCUT2D eigenvalue weighted by Crippen LogP contribution is -2.21. The molecule has 0 fully saturated rings. The smallest absolute Gasteiger partial charge is 0.311 e. The fourth-order valence-corrected chi connectivity index (χ4v) is 2.60. The first-order chi connectivity index (χ1) is 12.9. The molecule has 2 aromatic heterocycles. The average molecular weight is 368 g/mol. The SMILES string of the molecule is COc1ccc(/C(C)=N/NC(=O)c2nc3nc(C)cc(C)n3n2)c(OC)c1. The minimum atomic E-state index is -0.524. The minimum absolute atomic E-state index is 0.00514. The summed E-state index contributed by atoms with van der Waals surface area (Å²) < 4.78 is 12.1. The van der Waals surface area contributed by atoms with E-state index in [4.69, 9.17) is 9.47 Å². The van der Waals surface area contributed by atoms with Crippen LogP contribution in [0.4, 0.5) is 0 Å². The van der Waals surface area contributed by atoms with E-state index in [2.05, 4.69) is 25.6 Å². The lowest BCUT2D eigenvalue weighted by atomic mass is 10.1. The van der Waals surface area contributed by atoms with Crippen LogP contribution >= 0.6 is 0 Å². The third-order valence-electron chi connectivity index (χ3n) is 3.95. The molecule has 0 bridgehead atoms. The molecule has 0 radical (unpaired) electrons. The molecule has 0 saturated heterocycles. The number of amides is 1. The number of hydrogen-bond acceptors (Lipinski definition) is 7. The number of nitrogens with zero attached hydrogens (tertiary/aromatic N) is 5. The van der Waals surface area contributed by atoms with Gasteiger partial charge in [0, 0.05) is 23.0 Å². The number of benzene rings is 1. The van der Waals surface area contributed by atoms with Crippen molar-refractivity contribution in [3.63, 3.8) is 0 Å². The van der Waals surface area contributed by atoms with Crippen molar-refractivity contribution in [1.82, 2.24) is 25.0 Å². The number of rotatable bonds is 5. The summed E-state index contributed by atoms with van der Waals surface area (Å²) in [5.74, 6) is 1.10. The Morgan fingerprint density at radius 3 is 2.63 bits per heavy atom. The van der Waals surface area contributed by atoms with Crippen LogP contribution in [0.25, 0.3) is 5.78 Å². The van der Waals surface area contributed by atoms with Crippen LogP contribution in [-0.2, 0) is 0 Å². The normalized spacial score (nSPS) is 11.5. The zero-order valence-corrected chi connectivity index (χ0v) is 15.8. The highest BCUT2D eigenvalue weighted by molar-refractivity contribution is 6.02. The molecular formula is C18H20N6O3. The van der Waals surface area contributed by atoms with Crippen LogP contribution in [0.1, 0.15) is 34.5 Å². The molecule has 1 N–H and O–H groups in total. The second-order valence-electron chi connectivity index (χ2n) is 5.89. The van der Waals surface area contributed by atoms with Crippen LogP contribution in [0.15, 0.2) is 29.4 Å². The molecule has 3 rings (SSSR count). The van der Waals surface area contributed by atoms with Crippen LogP contribution in [0.5, 0.6) is 11.5 Å². The molecule has 27 heavy (non-hydrogen) atoms. The fraction of sp³-hybridized carbons (Fsp3) is 0.278. The van der Waals surface area contributed by atoms with Gasteiger partial charge in [-0.15, -0.1) is 5.10 Å². The molecule has 0 aliphatic heterocycles. The van der Waals surface area contributed by atoms with Crippen molar-refractivity contribution in [3.05, 3.63) is 47.0 Å². The molecule has 0 atom stereocenters. The number of ether oxygens (including phenoxy) is 2. The molecule has 0 aliphatic rings. The van der Waals surface area contributed by atoms with Gasteiger partial charge in [0.05, 0.1) is 19.9 Å². The highest BCUT2D eigenvalue weighted by atomic mass is 16.5. The zero-order valence-electron chi connectivity index (χ0n) is 15.8. The molecule has 2 heterocycles. The Bertz CT molecular complexity index is 1040. The Morgan fingerprint density at radius 1 is 1.15 bits per heavy atom. The average Bonchev–Trinajstić information content (AvgIpc) is 3.09. The summed E-state index contributed by atoms with van der Waals surface area (Å²) in [5.41, 5.74) is 5.41. The van der Waals surface area contributed by atoms with Gasteiger partial charge in [-0.1, -0.05) is 0 Å². The van der Waals surface area contributed by atoms with E-state index in [0.29, 0.717) is 23.0 Å². The number of carbonyl (C=O) groups is 1. The Balaban J connectivity index is 1.83. The largest absolute Gasteiger partial charge is 0.497 e. The van der Waals surface area contributed by atoms with Crippen molar-refractivity contribution in [2.24, 2.45) is 5.10 Å². The van der Waals surface area contributed by atoms with E-state index in [-0.39, 0.29) is 5.82 Å². The van der Waals surface area contributed by atoms with E-state index in [1.165, 1.54) is 4.52 Å². The van der Waals surface area contributed by atoms with Gasteiger partial charge in [-0.3, -0.25) is 4.79 Å². The second kappa shape index (κ2) is 7.40. The highest BCUT2D eigenvalue weighted by Crippen LogP contribution is 2.25. The van der Waals surface area contributed by atoms with Crippen molar-refractivity contribution >= 4 is 17.4 Å². The topological polar surface area (TPSA) is 103 Å². The summed E-state index contributed by atoms with van der Waals surface area (Å²) in [6, 6.07) is 7.21. The molecule has 9 heteroatoms. The maximum atomic E-state index is 12.4. The maximum Gasteiger partial charge on any atom is 0.311 e. The van der Waals surface area contributed by atoms with Crippen LogP contribution in [-0.4, -0.2) is 45.4 Å². The predicted octanol–water partition coefficient (Wildman–Crippen LogP) is 1.91. The van der Waals surface area contributed by atoms with Crippen LogP contribution < -0.4 is 14.9 Å². The van der Waals surface area contributed by atoms with Gasteiger partial charge >= 0.3 is 5.91 Å². The van der Waals surface area contributed by atoms with Gasteiger partial charge in [-0.2, -0.15) is 10.1 Å². The van der Waals surface area contributed by atoms with Gasteiger partial charge in [0.25, 0.3) is 5.78 Å². The highest BCUT2D eigenvalue weighted by Gasteiger charge is 2.15. The quantitative estimate of drug-likeness (QED) is 0.545. The summed E-state index contributed by atoms with van der Waals surface area (Å²) in [7, 11) is 3.14. The molecule has 1 amide bonds. The first-order valence-electron chi connectivity index (χ1n) is 8.21. The summed E-state index contributed by atoms with van der Waals surface area (Å²) in [6.07, 6.45) is 0. The summed E-state index contributed by atoms with van der Waals surface area (Å²) in [6.45, 7) is 5.49. The molecule has 0 spiro atoms. The van der Waals surface area contributed by atoms with Gasteiger partial charge in [0.2, 0.25) is 5.82 Å². The van der Waals surface area contributed by atoms with E-state index in [1.807, 2.05) is 26.0 Å². The lowest BCUT2D eigenvalue weighted by molar-refractivity contribution is 0.0944. The molecule has 140 valence electrons. The Morgan fingerprint density at radius 2 is 1.93 bits per heavy atom. The monoisotopic (exact) mass is 368 g/mol. The molecule has 3 aromatic rings. The van der Waals surface area contributed by atoms with E-state index in [0.717, 1.165) is 17.0 Å². The Labute approximate surface area is 156 Å². The third kappa shape index (κ3) is 3.71. The van der Waals surface area contributed by atoms with E-state index >= 15 is 0 Å². The lowest BCUT2D eigenvalue weighted by Gasteiger charge is -2.10. The van der Waals surface area contributed by atoms with Crippen molar-refractivity contribution < 1.29 is 14.3 Å². The minimum Gasteiger partial charge on any atom is -0.497 e. The van der Waals surface area contributed by atoms with Crippen LogP contribution in [0.3, 0.4) is 0 Å². The third-order valence-corrected chi connectivity index (χ3v) is 3.95. The first kappa shape index (κ1) is 18.3. The Hall–Kier alpha value is -3.49. The Kier molecular flexibility index (Phi) is 5.02. The summed E-state index contributed by atoms with van der Waals surface area (Å²) in [4.78, 5) is 20.8. The standard InChI is InChI=1S/C18H20N6O3/c1-10-8-11(2)24-18(19-10)20-16(23-24)17(25)22-21-12(3)14-7-6-13(26-4)9-15(14)27-5/h6-9H,1-5H3,(H,22,25)/b21-12+. The predicted molar refractivity (Wildman–Crippen MR) is 99.5 cm³/mol. The van der Waals surface area contributed by atoms with Gasteiger partial charge in [-0.25, -0.2) is 14.9 Å². The van der Waals surface area contributed by atoms with E-state index < -0.39 is 5.91 Å². The summed E-state index contributed by atoms with van der Waals surface area (Å²) >= 11 is 0. The zero-order chi connectivity index (χ0) is 19.6. The molecule has 9 nitrogen and oxygen atoms in total. The van der Waals surface area contributed by atoms with Crippen LogP contribution in [0.2, 0.25) is 0 Å². The maximum absolute atomic E-state index is 12.4. The van der Waals surface area contributed by atoms with Gasteiger partial charge in [0.1, 0.15) is 11.5 Å². The van der Waals surface area contributed by atoms with Crippen molar-refractivity contribution in [3.8, 4) is 11.5 Å². The van der Waals surface area contributed by atoms with Gasteiger partial charge in [-0.05, 0) is 39.0 Å². The number of nitrogens with one attached hydrogen (secondary N) is 1. The van der Waals surface area contributed by atoms with Crippen molar-refractivity contribution in [2.75, 3.05) is 14.2 Å². The van der Waals surface area contributed by atoms with E-state index in [1.54, 1.807) is 33.3 Å². The fourth-order valence-electron chi connectivity index (χ4n) is 2.60. The molecule has 1 aromatic carbocycles. The number of aryl methyl sites for hydroxylation is 2. The number of hydrazone groups is 1. The molecule has 0 saturated carbocycles. The molecule has 0 aliphatic carbocycles. The van der Waals surface area contributed by atoms with E-state index in [9.17, 15) is 4.79 Å². The van der Waals surface area contributed by atoms with Gasteiger partial charge < -0.3 is 9.47 Å². The number of methoxy groups -OCH3 is 2. The number of hydrogen-bond donors (Lipinski definition) is 1. The summed E-state index contributed by atoms with van der Waals surface area (Å²) in [5, 5.41) is 8.31. The van der Waals surface area contributed by atoms with Crippen LogP contribution in [0, 0.1) is 13.8 Å². The van der Waals surface area contributed by atoms with Crippen molar-refractivity contribution in [2.45, 2.75) is 20.8 Å².